The molecule has 2 aliphatic rings. The van der Waals surface area contributed by atoms with Crippen molar-refractivity contribution in [3.63, 3.8) is 0 Å². The van der Waals surface area contributed by atoms with Gasteiger partial charge in [-0.3, -0.25) is 14.4 Å². The predicted octanol–water partition coefficient (Wildman–Crippen LogP) is 1.96. The predicted molar refractivity (Wildman–Crippen MR) is 98.4 cm³/mol. The topological polar surface area (TPSA) is 105 Å². The first-order chi connectivity index (χ1) is 12.5. The number of fused-ring (bicyclic) bond motifs is 3. The first-order valence-electron chi connectivity index (χ1n) is 8.46. The number of benzene rings is 2. The van der Waals surface area contributed by atoms with Crippen LogP contribution in [-0.4, -0.2) is 30.3 Å². The zero-order valence-electron chi connectivity index (χ0n) is 14.0. The number of carbonyl (C=O) groups excluding carboxylic acids is 3. The average molecular weight is 350 g/mol. The van der Waals surface area contributed by atoms with Crippen molar-refractivity contribution >= 4 is 34.8 Å². The Hall–Kier alpha value is -3.35. The lowest BCUT2D eigenvalue weighted by Gasteiger charge is -2.33. The van der Waals surface area contributed by atoms with E-state index in [1.54, 1.807) is 36.4 Å². The largest absolute Gasteiger partial charge is 0.366 e. The van der Waals surface area contributed by atoms with Gasteiger partial charge in [-0.25, -0.2) is 0 Å². The molecule has 132 valence electrons. The summed E-state index contributed by atoms with van der Waals surface area (Å²) < 4.78 is 0. The van der Waals surface area contributed by atoms with Gasteiger partial charge in [0, 0.05) is 12.1 Å². The summed E-state index contributed by atoms with van der Waals surface area (Å²) in [4.78, 5) is 38.4. The molecule has 7 heteroatoms. The van der Waals surface area contributed by atoms with Crippen LogP contribution in [0.15, 0.2) is 42.5 Å². The van der Waals surface area contributed by atoms with Gasteiger partial charge in [-0.05, 0) is 43.2 Å². The van der Waals surface area contributed by atoms with Gasteiger partial charge in [-0.1, -0.05) is 12.1 Å². The van der Waals surface area contributed by atoms with Gasteiger partial charge in [0.2, 0.25) is 5.91 Å². The van der Waals surface area contributed by atoms with Gasteiger partial charge >= 0.3 is 0 Å². The molecule has 0 saturated carbocycles. The summed E-state index contributed by atoms with van der Waals surface area (Å²) in [5.74, 6) is -1.02. The lowest BCUT2D eigenvalue weighted by Crippen LogP contribution is -2.43. The van der Waals surface area contributed by atoms with Crippen LogP contribution in [0.2, 0.25) is 0 Å². The van der Waals surface area contributed by atoms with Gasteiger partial charge in [-0.15, -0.1) is 0 Å². The van der Waals surface area contributed by atoms with Crippen molar-refractivity contribution in [1.29, 1.82) is 0 Å². The molecule has 1 saturated heterocycles. The van der Waals surface area contributed by atoms with Crippen LogP contribution in [0.1, 0.15) is 33.6 Å². The fourth-order valence-electron chi connectivity index (χ4n) is 3.57. The van der Waals surface area contributed by atoms with Crippen molar-refractivity contribution < 1.29 is 14.4 Å². The minimum Gasteiger partial charge on any atom is -0.366 e. The van der Waals surface area contributed by atoms with Crippen LogP contribution in [0.5, 0.6) is 0 Å². The van der Waals surface area contributed by atoms with E-state index in [0.29, 0.717) is 16.9 Å². The van der Waals surface area contributed by atoms with Crippen molar-refractivity contribution in [3.05, 3.63) is 53.6 Å². The van der Waals surface area contributed by atoms with E-state index in [2.05, 4.69) is 15.5 Å². The summed E-state index contributed by atoms with van der Waals surface area (Å²) in [5, 5.41) is 5.59. The van der Waals surface area contributed by atoms with Crippen LogP contribution in [0, 0.1) is 0 Å². The van der Waals surface area contributed by atoms with Crippen LogP contribution in [0.3, 0.4) is 0 Å². The normalized spacial score (nSPS) is 17.9. The van der Waals surface area contributed by atoms with E-state index in [1.807, 2.05) is 6.07 Å². The first-order valence-corrected chi connectivity index (χ1v) is 8.46. The monoisotopic (exact) mass is 350 g/mol. The van der Waals surface area contributed by atoms with Gasteiger partial charge in [0.15, 0.2) is 0 Å². The lowest BCUT2D eigenvalue weighted by atomic mass is 10.1. The lowest BCUT2D eigenvalue weighted by molar-refractivity contribution is -0.117. The number of primary amides is 1. The van der Waals surface area contributed by atoms with Crippen molar-refractivity contribution in [3.8, 4) is 0 Å². The zero-order valence-corrected chi connectivity index (χ0v) is 14.0. The average Bonchev–Trinajstić information content (AvgIpc) is 3.12. The Labute approximate surface area is 150 Å². The second kappa shape index (κ2) is 6.18. The minimum absolute atomic E-state index is 0.0355. The fourth-order valence-corrected chi connectivity index (χ4v) is 3.57. The standard InChI is InChI=1S/C19H18N4O3/c20-17(24)12-4-1-2-5-13(12)21-18(25)11-7-8-15-14(10-11)22-19(26)16-6-3-9-23(15)16/h1-2,4-5,7-8,10,16H,3,6,9H2,(H2,20,24)(H,21,25)(H,22,26)/t16-/m0/s1. The van der Waals surface area contributed by atoms with Gasteiger partial charge < -0.3 is 21.3 Å². The molecule has 2 aromatic carbocycles. The Bertz CT molecular complexity index is 925. The molecule has 4 rings (SSSR count). The highest BCUT2D eigenvalue weighted by atomic mass is 16.2. The molecule has 0 aliphatic carbocycles. The number of anilines is 3. The van der Waals surface area contributed by atoms with Crippen molar-refractivity contribution in [2.45, 2.75) is 18.9 Å². The van der Waals surface area contributed by atoms with Gasteiger partial charge in [0.05, 0.1) is 22.6 Å². The van der Waals surface area contributed by atoms with E-state index in [4.69, 9.17) is 5.73 Å². The van der Waals surface area contributed by atoms with Crippen molar-refractivity contribution in [2.75, 3.05) is 22.1 Å². The Morgan fingerprint density at radius 1 is 1.19 bits per heavy atom. The summed E-state index contributed by atoms with van der Waals surface area (Å²) in [5.41, 5.74) is 7.89. The molecule has 1 fully saturated rings. The van der Waals surface area contributed by atoms with Gasteiger partial charge in [0.25, 0.3) is 11.8 Å². The molecule has 2 heterocycles. The summed E-state index contributed by atoms with van der Waals surface area (Å²) in [6.45, 7) is 0.836. The van der Waals surface area contributed by atoms with E-state index in [1.165, 1.54) is 0 Å². The molecule has 0 spiro atoms. The van der Waals surface area contributed by atoms with E-state index < -0.39 is 5.91 Å². The summed E-state index contributed by atoms with van der Waals surface area (Å²) in [7, 11) is 0. The Morgan fingerprint density at radius 3 is 2.81 bits per heavy atom. The molecule has 0 aromatic heterocycles. The Morgan fingerprint density at radius 2 is 2.00 bits per heavy atom. The maximum absolute atomic E-state index is 12.6. The molecule has 2 aliphatic heterocycles. The van der Waals surface area contributed by atoms with Crippen LogP contribution < -0.4 is 21.3 Å². The third-order valence-electron chi connectivity index (χ3n) is 4.82. The fraction of sp³-hybridized carbons (Fsp3) is 0.211. The number of para-hydroxylation sites is 1. The second-order valence-corrected chi connectivity index (χ2v) is 6.44. The third kappa shape index (κ3) is 2.67. The van der Waals surface area contributed by atoms with Crippen molar-refractivity contribution in [2.24, 2.45) is 5.73 Å². The number of nitrogens with zero attached hydrogens (tertiary/aromatic N) is 1. The minimum atomic E-state index is -0.612. The molecule has 1 atom stereocenters. The zero-order chi connectivity index (χ0) is 18.3. The third-order valence-corrected chi connectivity index (χ3v) is 4.82. The molecule has 0 radical (unpaired) electrons. The van der Waals surface area contributed by atoms with Crippen LogP contribution in [0.25, 0.3) is 0 Å². The van der Waals surface area contributed by atoms with E-state index >= 15 is 0 Å². The molecule has 0 unspecified atom stereocenters. The quantitative estimate of drug-likeness (QED) is 0.787. The Balaban J connectivity index is 1.62. The number of amides is 3. The number of hydrogen-bond acceptors (Lipinski definition) is 4. The highest BCUT2D eigenvalue weighted by Gasteiger charge is 2.36. The molecule has 0 bridgehead atoms. The smallest absolute Gasteiger partial charge is 0.255 e. The molecule has 26 heavy (non-hydrogen) atoms. The number of nitrogens with two attached hydrogens (primary N) is 1. The molecule has 7 nitrogen and oxygen atoms in total. The molecule has 2 aromatic rings. The van der Waals surface area contributed by atoms with E-state index in [-0.39, 0.29) is 23.4 Å². The SMILES string of the molecule is NC(=O)c1ccccc1NC(=O)c1ccc2c(c1)NC(=O)[C@@H]1CCCN21. The molecule has 4 N–H and O–H groups in total. The number of hydrogen-bond donors (Lipinski definition) is 3. The maximum atomic E-state index is 12.6. The molecular formula is C19H18N4O3. The van der Waals surface area contributed by atoms with Crippen LogP contribution >= 0.6 is 0 Å². The first kappa shape index (κ1) is 16.1. The molecule has 3 amide bonds. The number of carbonyl (C=O) groups is 3. The summed E-state index contributed by atoms with van der Waals surface area (Å²) >= 11 is 0. The van der Waals surface area contributed by atoms with E-state index in [9.17, 15) is 14.4 Å². The maximum Gasteiger partial charge on any atom is 0.255 e. The number of rotatable bonds is 3. The van der Waals surface area contributed by atoms with E-state index in [0.717, 1.165) is 25.1 Å². The Kier molecular flexibility index (Phi) is 3.84. The van der Waals surface area contributed by atoms with Crippen molar-refractivity contribution in [1.82, 2.24) is 0 Å². The highest BCUT2D eigenvalue weighted by Crippen LogP contribution is 2.37. The second-order valence-electron chi connectivity index (χ2n) is 6.44. The van der Waals surface area contributed by atoms with Gasteiger partial charge in [-0.2, -0.15) is 0 Å². The van der Waals surface area contributed by atoms with Crippen LogP contribution in [0.4, 0.5) is 17.1 Å². The van der Waals surface area contributed by atoms with Gasteiger partial charge in [0.1, 0.15) is 6.04 Å². The highest BCUT2D eigenvalue weighted by molar-refractivity contribution is 6.11. The summed E-state index contributed by atoms with van der Waals surface area (Å²) in [6.07, 6.45) is 1.82. The number of nitrogens with one attached hydrogen (secondary N) is 2. The molecular weight excluding hydrogens is 332 g/mol. The van der Waals surface area contributed by atoms with Crippen LogP contribution in [-0.2, 0) is 4.79 Å². The summed E-state index contributed by atoms with van der Waals surface area (Å²) in [6, 6.07) is 11.7.